The Morgan fingerprint density at radius 2 is 0.679 bits per heavy atom. The molecule has 4 heteroatoms. The fraction of sp³-hybridized carbons (Fsp3) is 1.00. The van der Waals surface area contributed by atoms with Crippen molar-refractivity contribution >= 4 is 8.80 Å². The summed E-state index contributed by atoms with van der Waals surface area (Å²) in [4.78, 5) is 0. The highest BCUT2D eigenvalue weighted by Gasteiger charge is 2.39. The zero-order chi connectivity index (χ0) is 21.3. The Balaban J connectivity index is 0. The predicted molar refractivity (Wildman–Crippen MR) is 127 cm³/mol. The molecule has 172 valence electrons. The maximum Gasteiger partial charge on any atom is 0.500 e. The van der Waals surface area contributed by atoms with Crippen LogP contribution < -0.4 is 0 Å². The highest BCUT2D eigenvalue weighted by atomic mass is 28.4. The fourth-order valence-electron chi connectivity index (χ4n) is 3.33. The standard InChI is InChI=1S/C16H36O3Si.C8H18/c1-5-9-10-11-12-13-14-15-16-20(17-6-2,18-7-3)19-8-4;1-3-5-7-8-6-4-2/h5-16H2,1-4H3;3-8H2,1-2H3. The monoisotopic (exact) mass is 418 g/mol. The van der Waals surface area contributed by atoms with Crippen molar-refractivity contribution in [2.75, 3.05) is 19.8 Å². The molecule has 0 atom stereocenters. The van der Waals surface area contributed by atoms with E-state index in [1.807, 2.05) is 20.8 Å². The third-order valence-electron chi connectivity index (χ3n) is 4.89. The van der Waals surface area contributed by atoms with Crippen LogP contribution in [0.15, 0.2) is 0 Å². The van der Waals surface area contributed by atoms with Crippen LogP contribution in [0.1, 0.15) is 131 Å². The molecule has 0 aliphatic rings. The van der Waals surface area contributed by atoms with Gasteiger partial charge in [0.2, 0.25) is 0 Å². The maximum atomic E-state index is 5.86. The normalized spacial score (nSPS) is 11.4. The van der Waals surface area contributed by atoms with Crippen LogP contribution in [0.2, 0.25) is 6.04 Å². The molecule has 0 bridgehead atoms. The molecule has 0 amide bonds. The van der Waals surface area contributed by atoms with E-state index in [1.54, 1.807) is 0 Å². The van der Waals surface area contributed by atoms with E-state index in [0.29, 0.717) is 19.8 Å². The second-order valence-corrected chi connectivity index (χ2v) is 10.4. The van der Waals surface area contributed by atoms with Crippen LogP contribution in [0.25, 0.3) is 0 Å². The number of rotatable bonds is 20. The van der Waals surface area contributed by atoms with Crippen molar-refractivity contribution in [1.82, 2.24) is 0 Å². The molecule has 0 aromatic heterocycles. The first-order valence-corrected chi connectivity index (χ1v) is 14.5. The summed E-state index contributed by atoms with van der Waals surface area (Å²) in [7, 11) is -2.38. The molecule has 0 N–H and O–H groups in total. The molecule has 0 heterocycles. The zero-order valence-corrected chi connectivity index (χ0v) is 21.5. The molecule has 0 saturated heterocycles. The van der Waals surface area contributed by atoms with E-state index in [0.717, 1.165) is 6.04 Å². The Hall–Kier alpha value is 0.0969. The van der Waals surface area contributed by atoms with E-state index in [-0.39, 0.29) is 0 Å². The first-order valence-electron chi connectivity index (χ1n) is 12.6. The van der Waals surface area contributed by atoms with Gasteiger partial charge in [0.1, 0.15) is 0 Å². The minimum absolute atomic E-state index is 0.684. The molecule has 0 aliphatic heterocycles. The molecule has 0 unspecified atom stereocenters. The van der Waals surface area contributed by atoms with Crippen molar-refractivity contribution in [1.29, 1.82) is 0 Å². The minimum atomic E-state index is -2.38. The Kier molecular flexibility index (Phi) is 27.2. The lowest BCUT2D eigenvalue weighted by atomic mass is 10.1. The number of unbranched alkanes of at least 4 members (excludes halogenated alkanes) is 12. The fourth-order valence-corrected chi connectivity index (χ4v) is 6.02. The molecular formula is C24H54O3Si. The van der Waals surface area contributed by atoms with Gasteiger partial charge in [-0.05, 0) is 27.2 Å². The van der Waals surface area contributed by atoms with Gasteiger partial charge in [0, 0.05) is 25.9 Å². The Labute approximate surface area is 179 Å². The van der Waals surface area contributed by atoms with Gasteiger partial charge in [-0.3, -0.25) is 0 Å². The van der Waals surface area contributed by atoms with E-state index < -0.39 is 8.80 Å². The summed E-state index contributed by atoms with van der Waals surface area (Å²) >= 11 is 0. The van der Waals surface area contributed by atoms with E-state index in [9.17, 15) is 0 Å². The molecule has 0 fully saturated rings. The van der Waals surface area contributed by atoms with Crippen molar-refractivity contribution in [2.24, 2.45) is 0 Å². The average molecular weight is 419 g/mol. The van der Waals surface area contributed by atoms with Gasteiger partial charge >= 0.3 is 8.80 Å². The summed E-state index contributed by atoms with van der Waals surface area (Å²) in [6.45, 7) is 14.9. The van der Waals surface area contributed by atoms with Gasteiger partial charge < -0.3 is 13.3 Å². The molecule has 0 aromatic rings. The first kappa shape index (κ1) is 30.3. The quantitative estimate of drug-likeness (QED) is 0.146. The summed E-state index contributed by atoms with van der Waals surface area (Å²) in [5, 5.41) is 0. The summed E-state index contributed by atoms with van der Waals surface area (Å²) in [5.74, 6) is 0. The van der Waals surface area contributed by atoms with Crippen LogP contribution in [-0.2, 0) is 13.3 Å². The second-order valence-electron chi connectivity index (χ2n) is 7.62. The lowest BCUT2D eigenvalue weighted by Crippen LogP contribution is -2.45. The molecular weight excluding hydrogens is 364 g/mol. The van der Waals surface area contributed by atoms with Crippen molar-refractivity contribution < 1.29 is 13.3 Å². The smallest absolute Gasteiger partial charge is 0.374 e. The molecule has 0 aliphatic carbocycles. The topological polar surface area (TPSA) is 27.7 Å². The molecule has 0 rings (SSSR count). The molecule has 0 spiro atoms. The van der Waals surface area contributed by atoms with Gasteiger partial charge in [-0.25, -0.2) is 0 Å². The predicted octanol–water partition coefficient (Wildman–Crippen LogP) is 8.54. The van der Waals surface area contributed by atoms with Crippen LogP contribution in [0.4, 0.5) is 0 Å². The van der Waals surface area contributed by atoms with E-state index in [4.69, 9.17) is 13.3 Å². The third kappa shape index (κ3) is 20.8. The van der Waals surface area contributed by atoms with Gasteiger partial charge in [0.05, 0.1) is 0 Å². The summed E-state index contributed by atoms with van der Waals surface area (Å²) in [6, 6.07) is 0.970. The van der Waals surface area contributed by atoms with E-state index >= 15 is 0 Å². The van der Waals surface area contributed by atoms with Crippen molar-refractivity contribution in [3.05, 3.63) is 0 Å². The van der Waals surface area contributed by atoms with Crippen LogP contribution in [0.5, 0.6) is 0 Å². The summed E-state index contributed by atoms with van der Waals surface area (Å²) in [5.41, 5.74) is 0. The minimum Gasteiger partial charge on any atom is -0.374 e. The lowest BCUT2D eigenvalue weighted by Gasteiger charge is -2.28. The molecule has 0 saturated carbocycles. The molecule has 0 aromatic carbocycles. The van der Waals surface area contributed by atoms with Crippen LogP contribution in [0, 0.1) is 0 Å². The molecule has 28 heavy (non-hydrogen) atoms. The second kappa shape index (κ2) is 25.1. The molecule has 0 radical (unpaired) electrons. The summed E-state index contributed by atoms with van der Waals surface area (Å²) in [6.07, 6.45) is 19.1. The van der Waals surface area contributed by atoms with Crippen molar-refractivity contribution in [2.45, 2.75) is 137 Å². The Morgan fingerprint density at radius 3 is 0.964 bits per heavy atom. The Morgan fingerprint density at radius 1 is 0.393 bits per heavy atom. The largest absolute Gasteiger partial charge is 0.500 e. The van der Waals surface area contributed by atoms with Gasteiger partial charge in [-0.1, -0.05) is 104 Å². The zero-order valence-electron chi connectivity index (χ0n) is 20.5. The van der Waals surface area contributed by atoms with Gasteiger partial charge in [-0.2, -0.15) is 0 Å². The van der Waals surface area contributed by atoms with Crippen molar-refractivity contribution in [3.8, 4) is 0 Å². The van der Waals surface area contributed by atoms with Crippen LogP contribution in [0.3, 0.4) is 0 Å². The maximum absolute atomic E-state index is 5.86. The molecule has 3 nitrogen and oxygen atoms in total. The Bertz CT molecular complexity index is 252. The SMILES string of the molecule is CCCCCCCC.CCCCCCCCCC[Si](OCC)(OCC)OCC. The van der Waals surface area contributed by atoms with Gasteiger partial charge in [0.25, 0.3) is 0 Å². The van der Waals surface area contributed by atoms with Crippen LogP contribution >= 0.6 is 0 Å². The highest BCUT2D eigenvalue weighted by molar-refractivity contribution is 6.60. The average Bonchev–Trinajstić information content (AvgIpc) is 2.69. The lowest BCUT2D eigenvalue weighted by molar-refractivity contribution is 0.0706. The van der Waals surface area contributed by atoms with E-state index in [1.165, 1.54) is 89.9 Å². The van der Waals surface area contributed by atoms with E-state index in [2.05, 4.69) is 20.8 Å². The van der Waals surface area contributed by atoms with Crippen molar-refractivity contribution in [3.63, 3.8) is 0 Å². The van der Waals surface area contributed by atoms with Crippen LogP contribution in [-0.4, -0.2) is 28.6 Å². The first-order chi connectivity index (χ1) is 13.7. The van der Waals surface area contributed by atoms with Gasteiger partial charge in [0.15, 0.2) is 0 Å². The third-order valence-corrected chi connectivity index (χ3v) is 8.04. The highest BCUT2D eigenvalue weighted by Crippen LogP contribution is 2.20. The summed E-state index contributed by atoms with van der Waals surface area (Å²) < 4.78 is 17.6. The van der Waals surface area contributed by atoms with Gasteiger partial charge in [-0.15, -0.1) is 0 Å². The number of hydrogen-bond donors (Lipinski definition) is 0. The number of hydrogen-bond acceptors (Lipinski definition) is 3.